The molecule has 0 aliphatic carbocycles. The first-order valence-electron chi connectivity index (χ1n) is 10.4. The topological polar surface area (TPSA) is 109 Å². The van der Waals surface area contributed by atoms with Gasteiger partial charge in [0.05, 0.1) is 31.5 Å². The minimum absolute atomic E-state index is 0.156. The molecular weight excluding hydrogens is 410 g/mol. The second-order valence-electron chi connectivity index (χ2n) is 7.55. The summed E-state index contributed by atoms with van der Waals surface area (Å²) >= 11 is 0. The molecule has 1 saturated heterocycles. The van der Waals surface area contributed by atoms with Crippen LogP contribution in [0.3, 0.4) is 0 Å². The average Bonchev–Trinajstić information content (AvgIpc) is 3.34. The van der Waals surface area contributed by atoms with Gasteiger partial charge in [0.25, 0.3) is 5.91 Å². The lowest BCUT2D eigenvalue weighted by molar-refractivity contribution is -0.121. The molecule has 2 aromatic heterocycles. The third-order valence-electron chi connectivity index (χ3n) is 5.53. The normalized spacial score (nSPS) is 15.8. The molecule has 2 N–H and O–H groups in total. The highest BCUT2D eigenvalue weighted by molar-refractivity contribution is 5.96. The number of piperidine rings is 1. The van der Waals surface area contributed by atoms with Gasteiger partial charge in [-0.15, -0.1) is 0 Å². The lowest BCUT2D eigenvalue weighted by Gasteiger charge is -2.31. The number of carbonyl (C=O) groups excluding carboxylic acids is 2. The zero-order valence-electron chi connectivity index (χ0n) is 18.0. The maximum absolute atomic E-state index is 13.0. The molecule has 1 fully saturated rings. The number of nitrogens with zero attached hydrogens (tertiary/aromatic N) is 3. The van der Waals surface area contributed by atoms with Crippen LogP contribution in [0.2, 0.25) is 0 Å². The fraction of sp³-hybridized carbons (Fsp3) is 0.304. The van der Waals surface area contributed by atoms with Crippen LogP contribution in [-0.2, 0) is 4.79 Å². The van der Waals surface area contributed by atoms with Crippen LogP contribution in [0.4, 0.5) is 5.69 Å². The van der Waals surface area contributed by atoms with Crippen LogP contribution in [0.15, 0.2) is 48.8 Å². The Morgan fingerprint density at radius 3 is 2.69 bits per heavy atom. The number of hydrogen-bond acceptors (Lipinski definition) is 6. The van der Waals surface area contributed by atoms with Crippen LogP contribution in [0.25, 0.3) is 11.3 Å². The number of benzene rings is 1. The van der Waals surface area contributed by atoms with Gasteiger partial charge in [-0.25, -0.2) is 0 Å². The number of ether oxygens (including phenoxy) is 2. The van der Waals surface area contributed by atoms with Crippen molar-refractivity contribution in [2.45, 2.75) is 12.8 Å². The maximum atomic E-state index is 13.0. The van der Waals surface area contributed by atoms with Gasteiger partial charge in [0, 0.05) is 37.1 Å². The Bertz CT molecular complexity index is 1100. The molecule has 0 spiro atoms. The van der Waals surface area contributed by atoms with E-state index in [0.29, 0.717) is 48.1 Å². The van der Waals surface area contributed by atoms with Gasteiger partial charge < -0.3 is 19.7 Å². The summed E-state index contributed by atoms with van der Waals surface area (Å²) in [6.45, 7) is 0.926. The number of nitrogens with one attached hydrogen (secondary N) is 2. The number of hydrogen-bond donors (Lipinski definition) is 2. The standard InChI is InChI=1S/C23H25N5O4/c1-31-17-5-6-21(32-2)19(12-17)25-22(29)16-4-3-11-28(14-16)23(30)20-13-18(26-27-20)15-7-9-24-10-8-15/h5-10,12-13,16H,3-4,11,14H2,1-2H3,(H,25,29)(H,26,27). The largest absolute Gasteiger partial charge is 0.497 e. The molecule has 1 atom stereocenters. The van der Waals surface area contributed by atoms with Gasteiger partial charge >= 0.3 is 0 Å². The molecule has 4 rings (SSSR count). The predicted molar refractivity (Wildman–Crippen MR) is 119 cm³/mol. The van der Waals surface area contributed by atoms with Crippen LogP contribution < -0.4 is 14.8 Å². The lowest BCUT2D eigenvalue weighted by Crippen LogP contribution is -2.43. The van der Waals surface area contributed by atoms with Crippen molar-refractivity contribution in [2.24, 2.45) is 5.92 Å². The number of amides is 2. The van der Waals surface area contributed by atoms with Crippen molar-refractivity contribution < 1.29 is 19.1 Å². The van der Waals surface area contributed by atoms with Gasteiger partial charge in [0.2, 0.25) is 5.91 Å². The molecule has 1 aromatic carbocycles. The molecule has 3 aromatic rings. The number of anilines is 1. The number of rotatable bonds is 6. The zero-order valence-corrected chi connectivity index (χ0v) is 18.0. The average molecular weight is 435 g/mol. The van der Waals surface area contributed by atoms with Crippen LogP contribution in [0.1, 0.15) is 23.3 Å². The van der Waals surface area contributed by atoms with E-state index < -0.39 is 0 Å². The predicted octanol–water partition coefficient (Wildman–Crippen LogP) is 2.98. The van der Waals surface area contributed by atoms with Crippen molar-refractivity contribution in [1.29, 1.82) is 0 Å². The molecule has 0 radical (unpaired) electrons. The molecule has 166 valence electrons. The third-order valence-corrected chi connectivity index (χ3v) is 5.53. The summed E-state index contributed by atoms with van der Waals surface area (Å²) in [7, 11) is 3.11. The van der Waals surface area contributed by atoms with E-state index in [2.05, 4.69) is 20.5 Å². The quantitative estimate of drug-likeness (QED) is 0.616. The van der Waals surface area contributed by atoms with E-state index in [-0.39, 0.29) is 17.7 Å². The first-order chi connectivity index (χ1) is 15.6. The van der Waals surface area contributed by atoms with Crippen molar-refractivity contribution in [3.05, 3.63) is 54.5 Å². The molecule has 9 heteroatoms. The molecule has 9 nitrogen and oxygen atoms in total. The number of H-pyrrole nitrogens is 1. The molecule has 1 aliphatic rings. The van der Waals surface area contributed by atoms with Gasteiger partial charge in [0.15, 0.2) is 0 Å². The van der Waals surface area contributed by atoms with Crippen LogP contribution in [0.5, 0.6) is 11.5 Å². The molecule has 32 heavy (non-hydrogen) atoms. The minimum Gasteiger partial charge on any atom is -0.497 e. The summed E-state index contributed by atoms with van der Waals surface area (Å²) in [5.41, 5.74) is 2.48. The minimum atomic E-state index is -0.328. The Balaban J connectivity index is 1.44. The Kier molecular flexibility index (Phi) is 6.34. The van der Waals surface area contributed by atoms with Crippen molar-refractivity contribution >= 4 is 17.5 Å². The molecule has 0 bridgehead atoms. The first kappa shape index (κ1) is 21.4. The summed E-state index contributed by atoms with van der Waals surface area (Å²) in [4.78, 5) is 31.7. The smallest absolute Gasteiger partial charge is 0.271 e. The van der Waals surface area contributed by atoms with E-state index in [9.17, 15) is 9.59 Å². The lowest BCUT2D eigenvalue weighted by atomic mass is 9.96. The summed E-state index contributed by atoms with van der Waals surface area (Å²) < 4.78 is 10.6. The Morgan fingerprint density at radius 2 is 1.94 bits per heavy atom. The Labute approximate surface area is 185 Å². The fourth-order valence-corrected chi connectivity index (χ4v) is 3.79. The highest BCUT2D eigenvalue weighted by Gasteiger charge is 2.30. The van der Waals surface area contributed by atoms with E-state index in [0.717, 1.165) is 12.0 Å². The summed E-state index contributed by atoms with van der Waals surface area (Å²) in [6.07, 6.45) is 4.80. The van der Waals surface area contributed by atoms with Crippen molar-refractivity contribution in [2.75, 3.05) is 32.6 Å². The van der Waals surface area contributed by atoms with Gasteiger partial charge in [0.1, 0.15) is 17.2 Å². The van der Waals surface area contributed by atoms with Gasteiger partial charge in [-0.05, 0) is 43.2 Å². The summed E-state index contributed by atoms with van der Waals surface area (Å²) in [5, 5.41) is 9.99. The summed E-state index contributed by atoms with van der Waals surface area (Å²) in [6, 6.07) is 10.6. The number of aromatic amines is 1. The van der Waals surface area contributed by atoms with Crippen LogP contribution in [-0.4, -0.2) is 59.2 Å². The number of methoxy groups -OCH3 is 2. The number of pyridine rings is 1. The molecular formula is C23H25N5O4. The second-order valence-corrected chi connectivity index (χ2v) is 7.55. The van der Waals surface area contributed by atoms with Gasteiger partial charge in [-0.2, -0.15) is 5.10 Å². The maximum Gasteiger partial charge on any atom is 0.271 e. The molecule has 2 amide bonds. The van der Waals surface area contributed by atoms with Gasteiger partial charge in [-0.1, -0.05) is 0 Å². The zero-order chi connectivity index (χ0) is 22.5. The third kappa shape index (κ3) is 4.56. The fourth-order valence-electron chi connectivity index (χ4n) is 3.79. The van der Waals surface area contributed by atoms with Gasteiger partial charge in [-0.3, -0.25) is 19.7 Å². The van der Waals surface area contributed by atoms with Crippen LogP contribution in [0, 0.1) is 5.92 Å². The second kappa shape index (κ2) is 9.51. The van der Waals surface area contributed by atoms with E-state index in [4.69, 9.17) is 9.47 Å². The highest BCUT2D eigenvalue weighted by atomic mass is 16.5. The Hall–Kier alpha value is -3.88. The number of carbonyl (C=O) groups is 2. The van der Waals surface area contributed by atoms with E-state index in [1.807, 2.05) is 12.1 Å². The number of aromatic nitrogens is 3. The van der Waals surface area contributed by atoms with Crippen molar-refractivity contribution in [1.82, 2.24) is 20.1 Å². The first-order valence-corrected chi connectivity index (χ1v) is 10.4. The summed E-state index contributed by atoms with van der Waals surface area (Å²) in [5.74, 6) is 0.506. The Morgan fingerprint density at radius 1 is 1.12 bits per heavy atom. The molecule has 3 heterocycles. The van der Waals surface area contributed by atoms with E-state index in [1.54, 1.807) is 55.8 Å². The molecule has 1 unspecified atom stereocenters. The van der Waals surface area contributed by atoms with E-state index >= 15 is 0 Å². The van der Waals surface area contributed by atoms with E-state index in [1.165, 1.54) is 0 Å². The van der Waals surface area contributed by atoms with Crippen molar-refractivity contribution in [3.8, 4) is 22.8 Å². The molecule has 0 saturated carbocycles. The number of likely N-dealkylation sites (tertiary alicyclic amines) is 1. The van der Waals surface area contributed by atoms with Crippen molar-refractivity contribution in [3.63, 3.8) is 0 Å². The highest BCUT2D eigenvalue weighted by Crippen LogP contribution is 2.30. The van der Waals surface area contributed by atoms with Crippen LogP contribution >= 0.6 is 0 Å². The monoisotopic (exact) mass is 435 g/mol. The SMILES string of the molecule is COc1ccc(OC)c(NC(=O)C2CCCN(C(=O)c3cc(-c4ccncc4)n[nH]3)C2)c1. The molecule has 1 aliphatic heterocycles.